The Hall–Kier alpha value is -3.15. The van der Waals surface area contributed by atoms with Gasteiger partial charge in [-0.25, -0.2) is 0 Å². The van der Waals surface area contributed by atoms with E-state index in [2.05, 4.69) is 10.6 Å². The summed E-state index contributed by atoms with van der Waals surface area (Å²) in [5.74, 6) is -0.933. The predicted octanol–water partition coefficient (Wildman–Crippen LogP) is 3.15. The van der Waals surface area contributed by atoms with Gasteiger partial charge in [0.15, 0.2) is 0 Å². The number of benzene rings is 2. The molecule has 0 aliphatic rings. The quantitative estimate of drug-likeness (QED) is 0.416. The van der Waals surface area contributed by atoms with Gasteiger partial charge in [-0.1, -0.05) is 74.0 Å². The fourth-order valence-electron chi connectivity index (χ4n) is 2.88. The second-order valence-electron chi connectivity index (χ2n) is 7.11. The van der Waals surface area contributed by atoms with Gasteiger partial charge in [0.2, 0.25) is 11.8 Å². The molecule has 6 heteroatoms. The van der Waals surface area contributed by atoms with Crippen LogP contribution in [0.4, 0.5) is 0 Å². The second kappa shape index (κ2) is 13.1. The third-order valence-corrected chi connectivity index (χ3v) is 4.57. The number of rotatable bonds is 12. The molecule has 0 saturated carbocycles. The molecule has 2 N–H and O–H groups in total. The summed E-state index contributed by atoms with van der Waals surface area (Å²) in [6.45, 7) is 2.76. The van der Waals surface area contributed by atoms with E-state index in [1.807, 2.05) is 67.6 Å². The van der Waals surface area contributed by atoms with Crippen LogP contribution in [0.3, 0.4) is 0 Å². The molecule has 2 aromatic rings. The first kappa shape index (κ1) is 23.1. The molecule has 0 aliphatic carbocycles. The molecule has 0 heterocycles. The molecule has 6 nitrogen and oxygen atoms in total. The molecule has 0 unspecified atom stereocenters. The Balaban J connectivity index is 1.87. The summed E-state index contributed by atoms with van der Waals surface area (Å²) in [6, 6.07) is 17.9. The van der Waals surface area contributed by atoms with Gasteiger partial charge in [-0.3, -0.25) is 14.4 Å². The number of esters is 1. The fourth-order valence-corrected chi connectivity index (χ4v) is 2.88. The zero-order chi connectivity index (χ0) is 21.6. The first-order chi connectivity index (χ1) is 14.6. The number of nitrogens with one attached hydrogen (secondary N) is 2. The van der Waals surface area contributed by atoms with Crippen molar-refractivity contribution in [2.45, 2.75) is 51.7 Å². The van der Waals surface area contributed by atoms with Crippen LogP contribution >= 0.6 is 0 Å². The van der Waals surface area contributed by atoms with E-state index in [1.54, 1.807) is 0 Å². The van der Waals surface area contributed by atoms with Crippen LogP contribution in [0.15, 0.2) is 60.7 Å². The average molecular weight is 411 g/mol. The molecule has 0 saturated heterocycles. The van der Waals surface area contributed by atoms with Crippen LogP contribution in [-0.4, -0.2) is 30.4 Å². The minimum atomic E-state index is -0.776. The van der Waals surface area contributed by atoms with Crippen molar-refractivity contribution >= 4 is 17.8 Å². The number of ether oxygens (including phenoxy) is 1. The number of hydrogen-bond acceptors (Lipinski definition) is 4. The van der Waals surface area contributed by atoms with E-state index in [-0.39, 0.29) is 37.7 Å². The third-order valence-electron chi connectivity index (χ3n) is 4.57. The summed E-state index contributed by atoms with van der Waals surface area (Å²) in [6.07, 6.45) is 2.22. The number of hydrogen-bond donors (Lipinski definition) is 2. The molecule has 30 heavy (non-hydrogen) atoms. The van der Waals surface area contributed by atoms with Crippen molar-refractivity contribution in [1.82, 2.24) is 10.6 Å². The van der Waals surface area contributed by atoms with Crippen LogP contribution in [0.1, 0.15) is 43.7 Å². The largest absolute Gasteiger partial charge is 0.461 e. The normalized spacial score (nSPS) is 11.4. The Morgan fingerprint density at radius 1 is 0.933 bits per heavy atom. The van der Waals surface area contributed by atoms with Gasteiger partial charge in [0.05, 0.1) is 6.42 Å². The van der Waals surface area contributed by atoms with Crippen molar-refractivity contribution in [2.75, 3.05) is 6.54 Å². The Morgan fingerprint density at radius 3 is 2.20 bits per heavy atom. The van der Waals surface area contributed by atoms with Crippen LogP contribution in [0.2, 0.25) is 0 Å². The third kappa shape index (κ3) is 8.90. The lowest BCUT2D eigenvalue weighted by Gasteiger charge is -2.18. The Bertz CT molecular complexity index is 793. The smallest absolute Gasteiger partial charge is 0.306 e. The topological polar surface area (TPSA) is 84.5 Å². The highest BCUT2D eigenvalue weighted by Gasteiger charge is 2.22. The van der Waals surface area contributed by atoms with Gasteiger partial charge < -0.3 is 15.4 Å². The minimum Gasteiger partial charge on any atom is -0.461 e. The molecule has 0 aliphatic heterocycles. The maximum Gasteiger partial charge on any atom is 0.306 e. The summed E-state index contributed by atoms with van der Waals surface area (Å²) < 4.78 is 5.27. The maximum absolute atomic E-state index is 12.5. The van der Waals surface area contributed by atoms with Gasteiger partial charge in [-0.2, -0.15) is 0 Å². The average Bonchev–Trinajstić information content (AvgIpc) is 2.76. The zero-order valence-corrected chi connectivity index (χ0v) is 17.4. The Labute approximate surface area is 178 Å². The highest BCUT2D eigenvalue weighted by Crippen LogP contribution is 2.06. The van der Waals surface area contributed by atoms with E-state index >= 15 is 0 Å². The molecule has 0 bridgehead atoms. The SMILES string of the molecule is CCCCNC(=O)[C@H](CCC(=O)OCc1ccccc1)NC(=O)Cc1ccccc1. The summed E-state index contributed by atoms with van der Waals surface area (Å²) in [7, 11) is 0. The Morgan fingerprint density at radius 2 is 1.57 bits per heavy atom. The van der Waals surface area contributed by atoms with Gasteiger partial charge in [0.1, 0.15) is 12.6 Å². The number of unbranched alkanes of at least 4 members (excludes halogenated alkanes) is 1. The Kier molecular flexibility index (Phi) is 10.1. The van der Waals surface area contributed by atoms with Gasteiger partial charge in [0, 0.05) is 13.0 Å². The number of amides is 2. The summed E-state index contributed by atoms with van der Waals surface area (Å²) in [4.78, 5) is 37.0. The lowest BCUT2D eigenvalue weighted by atomic mass is 10.1. The van der Waals surface area contributed by atoms with E-state index in [0.29, 0.717) is 6.54 Å². The number of carbonyl (C=O) groups is 3. The summed E-state index contributed by atoms with van der Waals surface area (Å²) in [5, 5.41) is 5.59. The van der Waals surface area contributed by atoms with Crippen molar-refractivity contribution in [3.8, 4) is 0 Å². The first-order valence-corrected chi connectivity index (χ1v) is 10.4. The molecule has 0 aromatic heterocycles. The molecule has 2 rings (SSSR count). The van der Waals surface area contributed by atoms with Crippen molar-refractivity contribution in [2.24, 2.45) is 0 Å². The van der Waals surface area contributed by atoms with E-state index in [1.165, 1.54) is 0 Å². The standard InChI is InChI=1S/C24H30N2O4/c1-2-3-16-25-24(29)21(26-22(27)17-19-10-6-4-7-11-19)14-15-23(28)30-18-20-12-8-5-9-13-20/h4-13,21H,2-3,14-18H2,1H3,(H,25,29)(H,26,27)/t21-/m0/s1. The lowest BCUT2D eigenvalue weighted by Crippen LogP contribution is -2.47. The van der Waals surface area contributed by atoms with Crippen LogP contribution in [0, 0.1) is 0 Å². The molecule has 0 spiro atoms. The van der Waals surface area contributed by atoms with Crippen LogP contribution in [-0.2, 0) is 32.1 Å². The van der Waals surface area contributed by atoms with E-state index < -0.39 is 12.0 Å². The van der Waals surface area contributed by atoms with Gasteiger partial charge in [0.25, 0.3) is 0 Å². The van der Waals surface area contributed by atoms with Crippen molar-refractivity contribution in [3.63, 3.8) is 0 Å². The molecule has 2 aromatic carbocycles. The molecular weight excluding hydrogens is 380 g/mol. The predicted molar refractivity (Wildman–Crippen MR) is 115 cm³/mol. The van der Waals surface area contributed by atoms with E-state index in [4.69, 9.17) is 4.74 Å². The summed E-state index contributed by atoms with van der Waals surface area (Å²) in [5.41, 5.74) is 1.76. The van der Waals surface area contributed by atoms with Crippen LogP contribution in [0.25, 0.3) is 0 Å². The molecule has 0 radical (unpaired) electrons. The van der Waals surface area contributed by atoms with Crippen molar-refractivity contribution in [1.29, 1.82) is 0 Å². The number of carbonyl (C=O) groups excluding carboxylic acids is 3. The highest BCUT2D eigenvalue weighted by molar-refractivity contribution is 5.88. The monoisotopic (exact) mass is 410 g/mol. The molecule has 0 fully saturated rings. The minimum absolute atomic E-state index is 0.0459. The van der Waals surface area contributed by atoms with Gasteiger partial charge in [-0.15, -0.1) is 0 Å². The van der Waals surface area contributed by atoms with Crippen LogP contribution in [0.5, 0.6) is 0 Å². The van der Waals surface area contributed by atoms with Crippen molar-refractivity contribution < 1.29 is 19.1 Å². The molecule has 2 amide bonds. The molecular formula is C24H30N2O4. The maximum atomic E-state index is 12.5. The molecule has 160 valence electrons. The zero-order valence-electron chi connectivity index (χ0n) is 17.4. The second-order valence-corrected chi connectivity index (χ2v) is 7.11. The van der Waals surface area contributed by atoms with E-state index in [0.717, 1.165) is 24.0 Å². The fraction of sp³-hybridized carbons (Fsp3) is 0.375. The first-order valence-electron chi connectivity index (χ1n) is 10.4. The van der Waals surface area contributed by atoms with Crippen molar-refractivity contribution in [3.05, 3.63) is 71.8 Å². The van der Waals surface area contributed by atoms with Gasteiger partial charge in [-0.05, 0) is 24.0 Å². The lowest BCUT2D eigenvalue weighted by molar-refractivity contribution is -0.145. The highest BCUT2D eigenvalue weighted by atomic mass is 16.5. The van der Waals surface area contributed by atoms with Gasteiger partial charge >= 0.3 is 5.97 Å². The summed E-state index contributed by atoms with van der Waals surface area (Å²) >= 11 is 0. The molecule has 1 atom stereocenters. The van der Waals surface area contributed by atoms with E-state index in [9.17, 15) is 14.4 Å². The van der Waals surface area contributed by atoms with Crippen LogP contribution < -0.4 is 10.6 Å².